The number of benzene rings is 1. The van der Waals surface area contributed by atoms with Crippen LogP contribution in [0, 0.1) is 0 Å². The first-order chi connectivity index (χ1) is 9.47. The molecule has 4 nitrogen and oxygen atoms in total. The molecular formula is C13H14Cl2N2O2S. The van der Waals surface area contributed by atoms with E-state index in [4.69, 9.17) is 28.9 Å². The summed E-state index contributed by atoms with van der Waals surface area (Å²) in [5.74, 6) is 0.00349. The van der Waals surface area contributed by atoms with Crippen LogP contribution in [0.4, 0.5) is 0 Å². The topological polar surface area (TPSA) is 63.4 Å². The number of hydrogen-bond acceptors (Lipinski definition) is 3. The summed E-state index contributed by atoms with van der Waals surface area (Å²) in [6, 6.07) is 3.57. The quantitative estimate of drug-likeness (QED) is 0.918. The minimum absolute atomic E-state index is 0.00185. The van der Waals surface area contributed by atoms with E-state index < -0.39 is 5.91 Å². The Morgan fingerprint density at radius 2 is 2.05 bits per heavy atom. The summed E-state index contributed by atoms with van der Waals surface area (Å²) in [6.45, 7) is 1.13. The molecule has 0 saturated heterocycles. The van der Waals surface area contributed by atoms with Crippen molar-refractivity contribution in [3.05, 3.63) is 33.3 Å². The van der Waals surface area contributed by atoms with Gasteiger partial charge in [0.1, 0.15) is 0 Å². The van der Waals surface area contributed by atoms with Crippen molar-refractivity contribution in [2.75, 3.05) is 18.1 Å². The molecule has 0 bridgehead atoms. The number of thioether (sulfide) groups is 1. The summed E-state index contributed by atoms with van der Waals surface area (Å²) in [7, 11) is 0. The highest BCUT2D eigenvalue weighted by Gasteiger charge is 2.22. The molecule has 1 aliphatic heterocycles. The third-order valence-electron chi connectivity index (χ3n) is 3.07. The predicted molar refractivity (Wildman–Crippen MR) is 82.1 cm³/mol. The second-order valence-electron chi connectivity index (χ2n) is 4.55. The minimum Gasteiger partial charge on any atom is -0.369 e. The van der Waals surface area contributed by atoms with Crippen molar-refractivity contribution in [2.45, 2.75) is 13.0 Å². The number of amides is 2. The van der Waals surface area contributed by atoms with Crippen molar-refractivity contribution < 1.29 is 9.59 Å². The Hall–Kier alpha value is -0.910. The second kappa shape index (κ2) is 6.70. The number of nitrogens with two attached hydrogens (primary N) is 1. The fourth-order valence-corrected chi connectivity index (χ4v) is 3.44. The molecule has 20 heavy (non-hydrogen) atoms. The molecule has 0 atom stereocenters. The third kappa shape index (κ3) is 3.81. The summed E-state index contributed by atoms with van der Waals surface area (Å²) in [5.41, 5.74) is 7.09. The molecule has 1 aliphatic rings. The van der Waals surface area contributed by atoms with Crippen LogP contribution in [0.5, 0.6) is 0 Å². The van der Waals surface area contributed by atoms with Crippen LogP contribution < -0.4 is 5.73 Å². The van der Waals surface area contributed by atoms with Crippen molar-refractivity contribution >= 4 is 46.8 Å². The fraction of sp³-hybridized carbons (Fsp3) is 0.385. The Kier molecular flexibility index (Phi) is 5.18. The van der Waals surface area contributed by atoms with Gasteiger partial charge in [-0.25, -0.2) is 0 Å². The van der Waals surface area contributed by atoms with Crippen molar-refractivity contribution in [2.24, 2.45) is 5.73 Å². The lowest BCUT2D eigenvalue weighted by atomic mass is 10.00. The van der Waals surface area contributed by atoms with Gasteiger partial charge >= 0.3 is 0 Å². The van der Waals surface area contributed by atoms with Crippen LogP contribution >= 0.6 is 35.0 Å². The normalized spacial score (nSPS) is 14.0. The molecule has 2 N–H and O–H groups in total. The van der Waals surface area contributed by atoms with Crippen molar-refractivity contribution in [1.82, 2.24) is 4.90 Å². The Morgan fingerprint density at radius 1 is 1.30 bits per heavy atom. The number of hydrogen-bond donors (Lipinski definition) is 1. The molecule has 0 unspecified atom stereocenters. The molecule has 7 heteroatoms. The molecule has 1 aromatic rings. The number of nitrogens with zero attached hydrogens (tertiary/aromatic N) is 1. The van der Waals surface area contributed by atoms with E-state index in [1.54, 1.807) is 11.0 Å². The summed E-state index contributed by atoms with van der Waals surface area (Å²) in [4.78, 5) is 24.4. The largest absolute Gasteiger partial charge is 0.369 e. The lowest BCUT2D eigenvalue weighted by Crippen LogP contribution is -2.37. The zero-order valence-corrected chi connectivity index (χ0v) is 13.0. The van der Waals surface area contributed by atoms with Gasteiger partial charge in [-0.15, -0.1) is 11.8 Å². The van der Waals surface area contributed by atoms with E-state index in [0.29, 0.717) is 23.1 Å². The Morgan fingerprint density at radius 3 is 2.75 bits per heavy atom. The molecule has 1 heterocycles. The van der Waals surface area contributed by atoms with Gasteiger partial charge in [-0.05, 0) is 29.7 Å². The van der Waals surface area contributed by atoms with Gasteiger partial charge in [0, 0.05) is 23.1 Å². The van der Waals surface area contributed by atoms with E-state index in [0.717, 1.165) is 17.5 Å². The lowest BCUT2D eigenvalue weighted by molar-refractivity contribution is -0.129. The maximum absolute atomic E-state index is 12.0. The standard InChI is InChI=1S/C13H14Cl2N2O2S/c14-9-3-8-5-17(2-1-10(8)11(15)4-9)13(19)7-20-6-12(16)18/h3-4H,1-2,5-7H2,(H2,16,18). The summed E-state index contributed by atoms with van der Waals surface area (Å²) >= 11 is 13.4. The van der Waals surface area contributed by atoms with E-state index in [1.165, 1.54) is 11.8 Å². The van der Waals surface area contributed by atoms with Gasteiger partial charge in [0.2, 0.25) is 11.8 Å². The van der Waals surface area contributed by atoms with Crippen LogP contribution in [-0.2, 0) is 22.6 Å². The molecule has 108 valence electrons. The fourth-order valence-electron chi connectivity index (χ4n) is 2.15. The van der Waals surface area contributed by atoms with Crippen LogP contribution in [0.1, 0.15) is 11.1 Å². The maximum atomic E-state index is 12.0. The number of primary amides is 1. The molecule has 2 amide bonds. The van der Waals surface area contributed by atoms with Crippen molar-refractivity contribution in [3.63, 3.8) is 0 Å². The SMILES string of the molecule is NC(=O)CSCC(=O)N1CCc2c(Cl)cc(Cl)cc2C1. The number of carbonyl (C=O) groups is 2. The molecule has 0 spiro atoms. The highest BCUT2D eigenvalue weighted by atomic mass is 35.5. The predicted octanol–water partition coefficient (Wildman–Crippen LogP) is 2.10. The first-order valence-corrected chi connectivity index (χ1v) is 7.99. The second-order valence-corrected chi connectivity index (χ2v) is 6.38. The van der Waals surface area contributed by atoms with Gasteiger partial charge in [-0.2, -0.15) is 0 Å². The average Bonchev–Trinajstić information content (AvgIpc) is 2.37. The molecule has 0 aromatic heterocycles. The number of carbonyl (C=O) groups excluding carboxylic acids is 2. The van der Waals surface area contributed by atoms with Gasteiger partial charge < -0.3 is 10.6 Å². The van der Waals surface area contributed by atoms with Gasteiger partial charge in [-0.3, -0.25) is 9.59 Å². The van der Waals surface area contributed by atoms with Crippen molar-refractivity contribution in [3.8, 4) is 0 Å². The first kappa shape index (κ1) is 15.5. The van der Waals surface area contributed by atoms with Crippen LogP contribution in [-0.4, -0.2) is 34.8 Å². The summed E-state index contributed by atoms with van der Waals surface area (Å²) in [5, 5.41) is 1.23. The van der Waals surface area contributed by atoms with Crippen LogP contribution in [0.2, 0.25) is 10.0 Å². The Labute approximate surface area is 131 Å². The minimum atomic E-state index is -0.412. The average molecular weight is 333 g/mol. The maximum Gasteiger partial charge on any atom is 0.232 e. The van der Waals surface area contributed by atoms with Gasteiger partial charge in [0.05, 0.1) is 11.5 Å². The van der Waals surface area contributed by atoms with Crippen molar-refractivity contribution in [1.29, 1.82) is 0 Å². The lowest BCUT2D eigenvalue weighted by Gasteiger charge is -2.29. The van der Waals surface area contributed by atoms with Crippen LogP contribution in [0.25, 0.3) is 0 Å². The van der Waals surface area contributed by atoms with Gasteiger partial charge in [-0.1, -0.05) is 23.2 Å². The molecule has 0 aliphatic carbocycles. The Balaban J connectivity index is 2.00. The van der Waals surface area contributed by atoms with Gasteiger partial charge in [0.25, 0.3) is 0 Å². The molecule has 0 fully saturated rings. The first-order valence-electron chi connectivity index (χ1n) is 6.08. The van der Waals surface area contributed by atoms with E-state index >= 15 is 0 Å². The van der Waals surface area contributed by atoms with E-state index in [-0.39, 0.29) is 17.4 Å². The Bertz CT molecular complexity index is 551. The smallest absolute Gasteiger partial charge is 0.232 e. The summed E-state index contributed by atoms with van der Waals surface area (Å²) in [6.07, 6.45) is 0.720. The van der Waals surface area contributed by atoms with Crippen LogP contribution in [0.15, 0.2) is 12.1 Å². The summed E-state index contributed by atoms with van der Waals surface area (Å²) < 4.78 is 0. The van der Waals surface area contributed by atoms with E-state index in [2.05, 4.69) is 0 Å². The highest BCUT2D eigenvalue weighted by Crippen LogP contribution is 2.30. The zero-order chi connectivity index (χ0) is 14.7. The molecular weight excluding hydrogens is 319 g/mol. The highest BCUT2D eigenvalue weighted by molar-refractivity contribution is 8.00. The zero-order valence-electron chi connectivity index (χ0n) is 10.7. The van der Waals surface area contributed by atoms with E-state index in [1.807, 2.05) is 6.07 Å². The molecule has 2 rings (SSSR count). The number of rotatable bonds is 4. The van der Waals surface area contributed by atoms with E-state index in [9.17, 15) is 9.59 Å². The van der Waals surface area contributed by atoms with Gasteiger partial charge in [0.15, 0.2) is 0 Å². The van der Waals surface area contributed by atoms with Crippen LogP contribution in [0.3, 0.4) is 0 Å². The molecule has 0 radical (unpaired) electrons. The number of fused-ring (bicyclic) bond motifs is 1. The third-order valence-corrected chi connectivity index (χ3v) is 4.56. The number of halogens is 2. The molecule has 1 aromatic carbocycles. The molecule has 0 saturated carbocycles. The monoisotopic (exact) mass is 332 g/mol.